The molecule has 2 aromatic rings. The Bertz CT molecular complexity index is 916. The number of pyridine rings is 2. The molecule has 0 radical (unpaired) electrons. The summed E-state index contributed by atoms with van der Waals surface area (Å²) in [5.41, 5.74) is -0.245. The molecule has 2 saturated heterocycles. The highest BCUT2D eigenvalue weighted by Gasteiger charge is 2.48. The third-order valence-electron chi connectivity index (χ3n) is 5.08. The zero-order valence-electron chi connectivity index (χ0n) is 14.9. The maximum Gasteiger partial charge on any atom is 0.263 e. The Balaban J connectivity index is 1.62. The van der Waals surface area contributed by atoms with Gasteiger partial charge in [-0.3, -0.25) is 9.59 Å². The number of ether oxygens (including phenoxy) is 2. The number of amides is 1. The summed E-state index contributed by atoms with van der Waals surface area (Å²) in [6.07, 6.45) is 3.68. The fraction of sp³-hybridized carbons (Fsp3) is 0.421. The molecule has 1 amide bonds. The van der Waals surface area contributed by atoms with Crippen molar-refractivity contribution in [3.05, 3.63) is 58.4 Å². The normalized spacial score (nSPS) is 24.5. The maximum absolute atomic E-state index is 13.9. The summed E-state index contributed by atoms with van der Waals surface area (Å²) < 4.78 is 26.9. The van der Waals surface area contributed by atoms with Crippen LogP contribution in [0.4, 0.5) is 4.39 Å². The van der Waals surface area contributed by atoms with Gasteiger partial charge in [0.2, 0.25) is 0 Å². The lowest BCUT2D eigenvalue weighted by atomic mass is 10.0. The van der Waals surface area contributed by atoms with Gasteiger partial charge < -0.3 is 18.9 Å². The topological polar surface area (TPSA) is 73.7 Å². The molecule has 27 heavy (non-hydrogen) atoms. The molecule has 2 aromatic heterocycles. The minimum absolute atomic E-state index is 0.106. The molecule has 142 valence electrons. The summed E-state index contributed by atoms with van der Waals surface area (Å²) in [5, 5.41) is 0. The van der Waals surface area contributed by atoms with E-state index in [0.29, 0.717) is 6.61 Å². The molecular weight excluding hydrogens is 353 g/mol. The SMILES string of the molecule is Cn1cccc(C(=O)N2C[C@H](Oc3ncccc3F)[C@H]3OCCC[C@H]32)c1=O. The number of fused-ring (bicyclic) bond motifs is 1. The van der Waals surface area contributed by atoms with Crippen LogP contribution in [0, 0.1) is 5.82 Å². The van der Waals surface area contributed by atoms with Crippen molar-refractivity contribution < 1.29 is 18.7 Å². The molecule has 0 unspecified atom stereocenters. The molecule has 0 N–H and O–H groups in total. The first-order valence-electron chi connectivity index (χ1n) is 8.91. The molecule has 0 aliphatic carbocycles. The number of carbonyl (C=O) groups is 1. The monoisotopic (exact) mass is 373 g/mol. The molecule has 8 heteroatoms. The van der Waals surface area contributed by atoms with Crippen LogP contribution in [0.25, 0.3) is 0 Å². The van der Waals surface area contributed by atoms with Gasteiger partial charge in [0.25, 0.3) is 17.3 Å². The summed E-state index contributed by atoms with van der Waals surface area (Å²) in [7, 11) is 1.60. The molecule has 4 rings (SSSR count). The molecule has 2 aliphatic rings. The zero-order valence-corrected chi connectivity index (χ0v) is 14.9. The molecule has 2 fully saturated rings. The van der Waals surface area contributed by atoms with Crippen LogP contribution < -0.4 is 10.3 Å². The zero-order chi connectivity index (χ0) is 19.0. The first-order valence-corrected chi connectivity index (χ1v) is 8.91. The summed E-state index contributed by atoms with van der Waals surface area (Å²) in [6.45, 7) is 0.767. The first-order chi connectivity index (χ1) is 13.1. The number of carbonyl (C=O) groups excluding carboxylic acids is 1. The average molecular weight is 373 g/mol. The number of hydrogen-bond donors (Lipinski definition) is 0. The van der Waals surface area contributed by atoms with Crippen LogP contribution in [0.2, 0.25) is 0 Å². The van der Waals surface area contributed by atoms with Gasteiger partial charge >= 0.3 is 0 Å². The molecule has 0 spiro atoms. The highest BCUT2D eigenvalue weighted by Crippen LogP contribution is 2.32. The van der Waals surface area contributed by atoms with Crippen molar-refractivity contribution in [1.82, 2.24) is 14.5 Å². The van der Waals surface area contributed by atoms with Gasteiger partial charge in [0, 0.05) is 26.0 Å². The second-order valence-corrected chi connectivity index (χ2v) is 6.79. The van der Waals surface area contributed by atoms with Gasteiger partial charge in [0.05, 0.1) is 12.6 Å². The summed E-state index contributed by atoms with van der Waals surface area (Å²) in [4.78, 5) is 30.9. The number of aryl methyl sites for hydroxylation is 1. The quantitative estimate of drug-likeness (QED) is 0.813. The van der Waals surface area contributed by atoms with Crippen LogP contribution in [-0.4, -0.2) is 51.8 Å². The Kier molecular flexibility index (Phi) is 4.65. The lowest BCUT2D eigenvalue weighted by molar-refractivity contribution is -0.0462. The van der Waals surface area contributed by atoms with Gasteiger partial charge in [0.15, 0.2) is 5.82 Å². The van der Waals surface area contributed by atoms with Crippen LogP contribution in [-0.2, 0) is 11.8 Å². The fourth-order valence-electron chi connectivity index (χ4n) is 3.76. The highest BCUT2D eigenvalue weighted by atomic mass is 19.1. The van der Waals surface area contributed by atoms with E-state index < -0.39 is 11.9 Å². The van der Waals surface area contributed by atoms with E-state index in [9.17, 15) is 14.0 Å². The molecule has 0 bridgehead atoms. The van der Waals surface area contributed by atoms with E-state index in [2.05, 4.69) is 4.98 Å². The summed E-state index contributed by atoms with van der Waals surface area (Å²) >= 11 is 0. The van der Waals surface area contributed by atoms with E-state index in [1.807, 2.05) is 0 Å². The van der Waals surface area contributed by atoms with Crippen LogP contribution in [0.15, 0.2) is 41.5 Å². The van der Waals surface area contributed by atoms with Gasteiger partial charge in [-0.25, -0.2) is 9.37 Å². The number of aromatic nitrogens is 2. The molecular formula is C19H20FN3O4. The van der Waals surface area contributed by atoms with Gasteiger partial charge in [-0.05, 0) is 37.1 Å². The van der Waals surface area contributed by atoms with E-state index in [-0.39, 0.29) is 41.6 Å². The number of hydrogen-bond acceptors (Lipinski definition) is 5. The van der Waals surface area contributed by atoms with Crippen molar-refractivity contribution in [2.75, 3.05) is 13.2 Å². The van der Waals surface area contributed by atoms with E-state index in [1.165, 1.54) is 29.0 Å². The van der Waals surface area contributed by atoms with Crippen molar-refractivity contribution in [3.63, 3.8) is 0 Å². The van der Waals surface area contributed by atoms with Crippen molar-refractivity contribution in [3.8, 4) is 5.88 Å². The number of rotatable bonds is 3. The number of likely N-dealkylation sites (tertiary alicyclic amines) is 1. The van der Waals surface area contributed by atoms with E-state index in [1.54, 1.807) is 24.2 Å². The Labute approximate surface area is 155 Å². The maximum atomic E-state index is 13.9. The summed E-state index contributed by atoms with van der Waals surface area (Å²) in [5.74, 6) is -1.03. The molecule has 7 nitrogen and oxygen atoms in total. The van der Waals surface area contributed by atoms with E-state index >= 15 is 0 Å². The van der Waals surface area contributed by atoms with Crippen LogP contribution in [0.5, 0.6) is 5.88 Å². The van der Waals surface area contributed by atoms with Crippen molar-refractivity contribution in [1.29, 1.82) is 0 Å². The Morgan fingerprint density at radius 1 is 1.37 bits per heavy atom. The lowest BCUT2D eigenvalue weighted by Gasteiger charge is -2.31. The Morgan fingerprint density at radius 3 is 3.04 bits per heavy atom. The average Bonchev–Trinajstić information content (AvgIpc) is 3.04. The van der Waals surface area contributed by atoms with Gasteiger partial charge in [-0.2, -0.15) is 0 Å². The second-order valence-electron chi connectivity index (χ2n) is 6.79. The van der Waals surface area contributed by atoms with Crippen molar-refractivity contribution in [2.45, 2.75) is 31.1 Å². The predicted molar refractivity (Wildman–Crippen MR) is 94.1 cm³/mol. The standard InChI is InChI=1S/C19H20FN3O4/c1-22-9-3-5-12(18(22)24)19(25)23-11-15(16-14(23)7-4-10-26-16)27-17-13(20)6-2-8-21-17/h2-3,5-6,8-9,14-16H,4,7,10-11H2,1H3/t14-,15+,16+/m1/s1. The number of halogens is 1. The molecule has 3 atom stereocenters. The minimum Gasteiger partial charge on any atom is -0.468 e. The molecule has 2 aliphatic heterocycles. The van der Waals surface area contributed by atoms with Crippen molar-refractivity contribution >= 4 is 5.91 Å². The Hall–Kier alpha value is -2.74. The van der Waals surface area contributed by atoms with Crippen LogP contribution >= 0.6 is 0 Å². The fourth-order valence-corrected chi connectivity index (χ4v) is 3.76. The molecule has 4 heterocycles. The molecule has 0 aromatic carbocycles. The smallest absolute Gasteiger partial charge is 0.263 e. The van der Waals surface area contributed by atoms with Gasteiger partial charge in [0.1, 0.15) is 17.8 Å². The number of nitrogens with zero attached hydrogens (tertiary/aromatic N) is 3. The lowest BCUT2D eigenvalue weighted by Crippen LogP contribution is -2.45. The van der Waals surface area contributed by atoms with Crippen LogP contribution in [0.1, 0.15) is 23.2 Å². The third-order valence-corrected chi connectivity index (χ3v) is 5.08. The van der Waals surface area contributed by atoms with Gasteiger partial charge in [-0.1, -0.05) is 0 Å². The molecule has 0 saturated carbocycles. The van der Waals surface area contributed by atoms with E-state index in [4.69, 9.17) is 9.47 Å². The predicted octanol–water partition coefficient (Wildman–Crippen LogP) is 1.37. The summed E-state index contributed by atoms with van der Waals surface area (Å²) in [6, 6.07) is 5.73. The van der Waals surface area contributed by atoms with E-state index in [0.717, 1.165) is 12.8 Å². The second kappa shape index (κ2) is 7.11. The third kappa shape index (κ3) is 3.21. The van der Waals surface area contributed by atoms with Gasteiger partial charge in [-0.15, -0.1) is 0 Å². The Morgan fingerprint density at radius 2 is 2.22 bits per heavy atom. The van der Waals surface area contributed by atoms with Crippen LogP contribution in [0.3, 0.4) is 0 Å². The minimum atomic E-state index is -0.563. The first kappa shape index (κ1) is 17.7. The largest absolute Gasteiger partial charge is 0.468 e. The highest BCUT2D eigenvalue weighted by molar-refractivity contribution is 5.94. The van der Waals surface area contributed by atoms with Crippen molar-refractivity contribution in [2.24, 2.45) is 7.05 Å².